The average Bonchev–Trinajstić information content (AvgIpc) is 3.67. The highest BCUT2D eigenvalue weighted by atomic mass is 35.5. The molecule has 4 N–H and O–H groups in total. The number of nitrogens with zero attached hydrogens (tertiary/aromatic N) is 2. The van der Waals surface area contributed by atoms with Crippen LogP contribution in [0.5, 0.6) is 0 Å². The lowest BCUT2D eigenvalue weighted by atomic mass is 9.78. The highest BCUT2D eigenvalue weighted by molar-refractivity contribution is 6.38. The van der Waals surface area contributed by atoms with Gasteiger partial charge in [-0.3, -0.25) is 9.59 Å². The molecular weight excluding hydrogens is 655 g/mol. The first-order chi connectivity index (χ1) is 22.9. The van der Waals surface area contributed by atoms with Gasteiger partial charge in [-0.25, -0.2) is 4.79 Å². The molecule has 2 aromatic heterocycles. The van der Waals surface area contributed by atoms with Crippen molar-refractivity contribution >= 4 is 52.0 Å². The van der Waals surface area contributed by atoms with Gasteiger partial charge in [-0.2, -0.15) is 0 Å². The Morgan fingerprint density at radius 3 is 2.44 bits per heavy atom. The van der Waals surface area contributed by atoms with Crippen LogP contribution in [0.4, 0.5) is 4.79 Å². The molecule has 5 atom stereocenters. The van der Waals surface area contributed by atoms with Crippen LogP contribution in [0.2, 0.25) is 10.0 Å². The Balaban J connectivity index is 1.47. The average molecular weight is 698 g/mol. The second-order valence-electron chi connectivity index (χ2n) is 12.7. The van der Waals surface area contributed by atoms with Crippen LogP contribution >= 0.6 is 23.2 Å². The predicted octanol–water partition coefficient (Wildman–Crippen LogP) is 6.75. The molecule has 0 spiro atoms. The number of alkyl carbamates (subject to hydrolysis) is 1. The summed E-state index contributed by atoms with van der Waals surface area (Å²) in [5.41, 5.74) is 1.87. The third-order valence-corrected chi connectivity index (χ3v) is 9.90. The number of H-pyrrole nitrogens is 1. The lowest BCUT2D eigenvalue weighted by molar-refractivity contribution is -0.136. The summed E-state index contributed by atoms with van der Waals surface area (Å²) < 4.78 is 11.2. The standard InChI is InChI=1S/C35H42Cl2N6O5/c1-6-19(3)28(40-34(46)47-18-22-11-9-8-10-12-22)31(44)41-35(33(45)39-29(20(4)7-2)32-43-42-21(5)48-32)14-13-27-25(17-35)24-15-23(36)16-26(37)30(24)38-27/h8-12,15-16,19-20,28-29,38H,6-7,13-14,17-18H2,1-5H3,(H,39,45)(H,40,46)(H,41,44)/t19?,20-,28?,29-,35-/m0/s1. The molecule has 256 valence electrons. The maximum atomic E-state index is 14.6. The normalized spacial score (nSPS) is 18.3. The summed E-state index contributed by atoms with van der Waals surface area (Å²) in [7, 11) is 0. The maximum absolute atomic E-state index is 14.6. The third kappa shape index (κ3) is 7.63. The Morgan fingerprint density at radius 2 is 1.77 bits per heavy atom. The number of carbonyl (C=O) groups is 3. The van der Waals surface area contributed by atoms with Gasteiger partial charge >= 0.3 is 6.09 Å². The van der Waals surface area contributed by atoms with E-state index in [1.165, 1.54) is 0 Å². The van der Waals surface area contributed by atoms with Crippen molar-refractivity contribution in [2.75, 3.05) is 0 Å². The number of fused-ring (bicyclic) bond motifs is 3. The molecule has 4 aromatic rings. The number of aryl methyl sites for hydroxylation is 2. The van der Waals surface area contributed by atoms with E-state index in [1.54, 1.807) is 13.0 Å². The van der Waals surface area contributed by atoms with Gasteiger partial charge in [-0.1, -0.05) is 94.1 Å². The summed E-state index contributed by atoms with van der Waals surface area (Å²) in [6, 6.07) is 11.2. The molecule has 0 fully saturated rings. The summed E-state index contributed by atoms with van der Waals surface area (Å²) >= 11 is 13.0. The van der Waals surface area contributed by atoms with Crippen molar-refractivity contribution in [1.29, 1.82) is 0 Å². The molecule has 2 aromatic carbocycles. The van der Waals surface area contributed by atoms with E-state index in [1.807, 2.05) is 64.1 Å². The maximum Gasteiger partial charge on any atom is 0.408 e. The monoisotopic (exact) mass is 696 g/mol. The van der Waals surface area contributed by atoms with Crippen LogP contribution in [0, 0.1) is 18.8 Å². The molecule has 11 nitrogen and oxygen atoms in total. The van der Waals surface area contributed by atoms with Crippen molar-refractivity contribution < 1.29 is 23.5 Å². The molecule has 1 aliphatic carbocycles. The minimum atomic E-state index is -1.41. The fourth-order valence-corrected chi connectivity index (χ4v) is 6.68. The zero-order valence-electron chi connectivity index (χ0n) is 27.8. The molecule has 2 heterocycles. The van der Waals surface area contributed by atoms with Crippen molar-refractivity contribution in [3.8, 4) is 0 Å². The number of rotatable bonds is 12. The summed E-state index contributed by atoms with van der Waals surface area (Å²) in [6.07, 6.45) is 1.45. The van der Waals surface area contributed by atoms with Gasteiger partial charge < -0.3 is 30.1 Å². The van der Waals surface area contributed by atoms with Crippen LogP contribution in [0.1, 0.15) is 81.6 Å². The van der Waals surface area contributed by atoms with Crippen LogP contribution in [0.3, 0.4) is 0 Å². The van der Waals surface area contributed by atoms with Crippen LogP contribution in [0.15, 0.2) is 46.9 Å². The summed E-state index contributed by atoms with van der Waals surface area (Å²) in [5, 5.41) is 18.9. The number of aromatic nitrogens is 3. The van der Waals surface area contributed by atoms with Gasteiger partial charge in [-0.15, -0.1) is 10.2 Å². The van der Waals surface area contributed by atoms with Gasteiger partial charge in [0, 0.05) is 29.4 Å². The fraction of sp³-hybridized carbons (Fsp3) is 0.457. The molecule has 5 rings (SSSR count). The number of ether oxygens (including phenoxy) is 1. The Bertz CT molecular complexity index is 1780. The zero-order valence-corrected chi connectivity index (χ0v) is 29.3. The molecule has 0 aliphatic heterocycles. The predicted molar refractivity (Wildman–Crippen MR) is 184 cm³/mol. The topological polar surface area (TPSA) is 151 Å². The second kappa shape index (κ2) is 15.0. The van der Waals surface area contributed by atoms with Gasteiger partial charge in [0.25, 0.3) is 0 Å². The van der Waals surface area contributed by atoms with Crippen molar-refractivity contribution in [3.05, 3.63) is 81.1 Å². The third-order valence-electron chi connectivity index (χ3n) is 9.39. The Kier molecular flexibility index (Phi) is 11.0. The smallest absolute Gasteiger partial charge is 0.408 e. The number of carbonyl (C=O) groups excluding carboxylic acids is 3. The molecule has 1 aliphatic rings. The van der Waals surface area contributed by atoms with Gasteiger partial charge in [0.2, 0.25) is 23.6 Å². The second-order valence-corrected chi connectivity index (χ2v) is 13.5. The van der Waals surface area contributed by atoms with Gasteiger partial charge in [0.05, 0.1) is 10.5 Å². The Labute approximate surface area is 289 Å². The molecule has 13 heteroatoms. The van der Waals surface area contributed by atoms with Gasteiger partial charge in [-0.05, 0) is 47.9 Å². The SMILES string of the molecule is CCC(C)C(NC(=O)OCc1ccccc1)C(=O)N[C@@]1(C(=O)N[C@H](c2nnc(C)o2)[C@@H](C)CC)CCc2[nH]c3c(Cl)cc(Cl)cc3c2C1. The molecule has 48 heavy (non-hydrogen) atoms. The van der Waals surface area contributed by atoms with E-state index >= 15 is 0 Å². The summed E-state index contributed by atoms with van der Waals surface area (Å²) in [4.78, 5) is 45.2. The highest BCUT2D eigenvalue weighted by Gasteiger charge is 2.47. The number of benzene rings is 2. The molecule has 3 amide bonds. The lowest BCUT2D eigenvalue weighted by Gasteiger charge is -2.39. The van der Waals surface area contributed by atoms with E-state index in [2.05, 4.69) is 31.1 Å². The van der Waals surface area contributed by atoms with Crippen LogP contribution in [0.25, 0.3) is 10.9 Å². The van der Waals surface area contributed by atoms with Crippen LogP contribution in [-0.4, -0.2) is 44.7 Å². The fourth-order valence-electron chi connectivity index (χ4n) is 6.14. The molecular formula is C35H42Cl2N6O5. The molecule has 2 unspecified atom stereocenters. The number of nitrogens with one attached hydrogen (secondary N) is 4. The van der Waals surface area contributed by atoms with E-state index in [0.29, 0.717) is 40.2 Å². The minimum Gasteiger partial charge on any atom is -0.445 e. The summed E-state index contributed by atoms with van der Waals surface area (Å²) in [5.74, 6) is -0.552. The van der Waals surface area contributed by atoms with Crippen molar-refractivity contribution in [1.82, 2.24) is 31.1 Å². The van der Waals surface area contributed by atoms with E-state index in [0.717, 1.165) is 28.6 Å². The van der Waals surface area contributed by atoms with Crippen molar-refractivity contribution in [2.24, 2.45) is 11.8 Å². The van der Waals surface area contributed by atoms with Crippen LogP contribution in [-0.2, 0) is 33.8 Å². The first-order valence-electron chi connectivity index (χ1n) is 16.3. The number of hydrogen-bond acceptors (Lipinski definition) is 7. The lowest BCUT2D eigenvalue weighted by Crippen LogP contribution is -2.65. The van der Waals surface area contributed by atoms with E-state index in [-0.39, 0.29) is 31.3 Å². The molecule has 0 bridgehead atoms. The highest BCUT2D eigenvalue weighted by Crippen LogP contribution is 2.39. The Hall–Kier alpha value is -4.09. The first kappa shape index (κ1) is 35.2. The molecule has 0 saturated heterocycles. The number of halogens is 2. The van der Waals surface area contributed by atoms with E-state index < -0.39 is 35.5 Å². The molecule has 0 radical (unpaired) electrons. The quantitative estimate of drug-likeness (QED) is 0.128. The van der Waals surface area contributed by atoms with E-state index in [9.17, 15) is 14.4 Å². The first-order valence-corrected chi connectivity index (χ1v) is 17.1. The zero-order chi connectivity index (χ0) is 34.6. The van der Waals surface area contributed by atoms with Gasteiger partial charge in [0.1, 0.15) is 24.2 Å². The van der Waals surface area contributed by atoms with Crippen molar-refractivity contribution in [2.45, 2.75) is 91.0 Å². The number of aromatic amines is 1. The molecule has 0 saturated carbocycles. The minimum absolute atomic E-state index is 0.0501. The summed E-state index contributed by atoms with van der Waals surface area (Å²) in [6.45, 7) is 9.54. The van der Waals surface area contributed by atoms with E-state index in [4.69, 9.17) is 32.4 Å². The largest absolute Gasteiger partial charge is 0.445 e. The Morgan fingerprint density at radius 1 is 1.04 bits per heavy atom. The number of hydrogen-bond donors (Lipinski definition) is 4. The number of amides is 3. The van der Waals surface area contributed by atoms with Crippen molar-refractivity contribution in [3.63, 3.8) is 0 Å². The van der Waals surface area contributed by atoms with Crippen LogP contribution < -0.4 is 16.0 Å². The van der Waals surface area contributed by atoms with Gasteiger partial charge in [0.15, 0.2) is 0 Å².